The molecule has 1 spiro atoms. The summed E-state index contributed by atoms with van der Waals surface area (Å²) in [4.78, 5) is 9.53. The van der Waals surface area contributed by atoms with Gasteiger partial charge >= 0.3 is 358 Å². The Bertz CT molecular complexity index is 4260. The van der Waals surface area contributed by atoms with Crippen LogP contribution in [0.2, 0.25) is 0 Å². The fraction of sp³-hybridized carbons (Fsp3) is 0.0377. The summed E-state index contributed by atoms with van der Waals surface area (Å²) >= 11 is 1.44. The van der Waals surface area contributed by atoms with Crippen molar-refractivity contribution in [1.29, 1.82) is 0 Å². The van der Waals surface area contributed by atoms with E-state index >= 15 is 0 Å². The second-order valence-electron chi connectivity index (χ2n) is 19.6. The molecule has 2 aromatic heterocycles. The first kappa shape index (κ1) is 58.0. The summed E-state index contributed by atoms with van der Waals surface area (Å²) in [7, 11) is 161. The molecule has 2 aliphatic rings. The number of allylic oxidation sites excluding steroid dienone is 9. The molecule has 80 heavy (non-hydrogen) atoms. The first-order valence-corrected chi connectivity index (χ1v) is 24.8. The summed E-state index contributed by atoms with van der Waals surface area (Å²) in [5.41, 5.74) is 1.97. The van der Waals surface area contributed by atoms with E-state index < -0.39 is 5.41 Å². The predicted molar refractivity (Wildman–Crippen MR) is 364 cm³/mol. The van der Waals surface area contributed by atoms with Gasteiger partial charge in [0, 0.05) is 0 Å². The van der Waals surface area contributed by atoms with Crippen LogP contribution in [0.4, 0.5) is 0 Å². The molecule has 27 heteroatoms. The maximum atomic E-state index is 7.55. The Balaban J connectivity index is 1.15. The van der Waals surface area contributed by atoms with Crippen molar-refractivity contribution >= 4 is 323 Å². The van der Waals surface area contributed by atoms with Gasteiger partial charge in [0.05, 0.1) is 0 Å². The van der Waals surface area contributed by atoms with E-state index in [1.54, 1.807) is 19.1 Å². The van der Waals surface area contributed by atoms with Crippen LogP contribution < -0.4 is 92.9 Å². The number of benzene rings is 6. The predicted octanol–water partition coefficient (Wildman–Crippen LogP) is -10.4. The second-order valence-corrected chi connectivity index (χ2v) is 20.7. The molecule has 8 aromatic rings. The number of nitrogens with zero attached hydrogens (tertiary/aromatic N) is 2. The van der Waals surface area contributed by atoms with Crippen LogP contribution in [0, 0.1) is 0 Å². The van der Waals surface area contributed by atoms with Crippen LogP contribution in [0.1, 0.15) is 23.6 Å². The monoisotopic (exact) mass is 973 g/mol. The van der Waals surface area contributed by atoms with Gasteiger partial charge in [-0.15, -0.1) is 16.4 Å². The van der Waals surface area contributed by atoms with Crippen LogP contribution >= 0.6 is 11.3 Å². The van der Waals surface area contributed by atoms with E-state index in [2.05, 4.69) is 6.58 Å². The molecule has 10 rings (SSSR count). The molecule has 0 unspecified atom stereocenters. The van der Waals surface area contributed by atoms with Gasteiger partial charge in [0.2, 0.25) is 0 Å². The Hall–Kier alpha value is -5.25. The van der Waals surface area contributed by atoms with Crippen molar-refractivity contribution in [3.63, 3.8) is 0 Å². The number of rotatable bonds is 7. The van der Waals surface area contributed by atoms with Gasteiger partial charge in [-0.05, 0) is 22.3 Å². The van der Waals surface area contributed by atoms with Crippen molar-refractivity contribution < 1.29 is 0 Å². The Morgan fingerprint density at radius 1 is 0.512 bits per heavy atom. The molecule has 0 N–H and O–H groups in total. The molecule has 0 saturated carbocycles. The minimum absolute atomic E-state index is 0.00395. The number of hydrogen-bond donors (Lipinski definition) is 0. The van der Waals surface area contributed by atoms with Gasteiger partial charge in [-0.25, -0.2) is 0 Å². The van der Waals surface area contributed by atoms with Crippen molar-refractivity contribution in [3.05, 3.63) is 116 Å². The molecule has 2 aliphatic carbocycles. The first-order valence-electron chi connectivity index (χ1n) is 24.0. The molecule has 0 saturated heterocycles. The maximum absolute atomic E-state index is 7.55. The zero-order chi connectivity index (χ0) is 58.5. The summed E-state index contributed by atoms with van der Waals surface area (Å²) in [5, 5.41) is 0.735. The number of thiophene rings is 1. The summed E-state index contributed by atoms with van der Waals surface area (Å²) in [6.45, 7) is 5.46. The van der Waals surface area contributed by atoms with E-state index in [4.69, 9.17) is 198 Å². The van der Waals surface area contributed by atoms with Gasteiger partial charge < -0.3 is 0 Å². The Morgan fingerprint density at radius 2 is 0.975 bits per heavy atom. The van der Waals surface area contributed by atoms with Gasteiger partial charge in [0.15, 0.2) is 0 Å². The van der Waals surface area contributed by atoms with Crippen LogP contribution in [-0.2, 0) is 5.41 Å². The van der Waals surface area contributed by atoms with E-state index in [1.165, 1.54) is 17.7 Å². The van der Waals surface area contributed by atoms with E-state index in [9.17, 15) is 0 Å². The van der Waals surface area contributed by atoms with Crippen LogP contribution in [0.3, 0.4) is 0 Å². The van der Waals surface area contributed by atoms with Gasteiger partial charge in [-0.2, -0.15) is 0 Å². The van der Waals surface area contributed by atoms with Crippen LogP contribution in [0.25, 0.3) is 70.5 Å². The fourth-order valence-electron chi connectivity index (χ4n) is 11.3. The fourth-order valence-corrected chi connectivity index (χ4v) is 12.4. The molecule has 0 bridgehead atoms. The molecule has 0 atom stereocenters. The van der Waals surface area contributed by atoms with Crippen molar-refractivity contribution in [2.24, 2.45) is 0 Å². The normalized spacial score (nSPS) is 14.9. The minimum atomic E-state index is -1.92. The van der Waals surface area contributed by atoms with Gasteiger partial charge in [0.1, 0.15) is 70.6 Å². The van der Waals surface area contributed by atoms with Crippen molar-refractivity contribution in [3.8, 4) is 44.6 Å². The SMILES string of the molecule is [B]C(=C)/C([B])=C(/[B])C1=C([B])C2(C(=[B])/C1=C([B])\C(=C(\[B])C)c1cccc(-c3ncnc4c3sc3ccc(-c5c([B])c([B])c(-c6c([B])c([B])c([B])c([B])c6[B])c([B])c5[B])cc34)c1)c1c([B])c([B])c([B])c([B])c1-c1c([B])c([B])c([B])c([B])c12. The molecule has 6 aromatic carbocycles. The Labute approximate surface area is 502 Å². The van der Waals surface area contributed by atoms with Crippen molar-refractivity contribution in [1.82, 2.24) is 9.97 Å². The molecular formula is C53H13B24N2S. The standard InChI is InChI=1S/C53H13B24N2S/c1-11(54)18(29(57)24-25(38(66)28(56)12(2)55)52(77)53(51(24)76)26-20(32(60)41(69)45(73)39(26)67)21-27(53)40(68)46(74)42(70)33(21)61)13-4-3-5-15(8-13)48-50-49(79-10-78-48)16-9-14(6-7-17(16)80-50)19-30(58)34(62)22(35(63)31(19)59)23-36(64)43(71)47(75)44(72)37(23)65/h3-10H,2H2,1H3/b18-11+,29-24+,38-28-. The third-order valence-corrected chi connectivity index (χ3v) is 16.5. The molecule has 0 fully saturated rings. The van der Waals surface area contributed by atoms with Crippen LogP contribution in [0.15, 0.2) is 99.4 Å². The van der Waals surface area contributed by atoms with Crippen LogP contribution in [0.5, 0.6) is 0 Å². The molecular weight excluding hydrogens is 956 g/mol. The van der Waals surface area contributed by atoms with E-state index in [-0.39, 0.29) is 181 Å². The summed E-state index contributed by atoms with van der Waals surface area (Å²) in [6.07, 6.45) is 1.45. The van der Waals surface area contributed by atoms with Crippen molar-refractivity contribution in [2.45, 2.75) is 12.3 Å². The number of fused-ring (bicyclic) bond motifs is 8. The topological polar surface area (TPSA) is 25.8 Å². The van der Waals surface area contributed by atoms with E-state index in [0.717, 1.165) is 10.1 Å². The molecule has 47 radical (unpaired) electrons. The summed E-state index contributed by atoms with van der Waals surface area (Å²) in [6, 6.07) is 12.9. The molecule has 313 valence electrons. The zero-order valence-electron chi connectivity index (χ0n) is 43.0. The Morgan fingerprint density at radius 3 is 1.48 bits per heavy atom. The van der Waals surface area contributed by atoms with E-state index in [0.29, 0.717) is 38.2 Å². The molecule has 2 heterocycles. The third-order valence-electron chi connectivity index (χ3n) is 15.3. The van der Waals surface area contributed by atoms with Gasteiger partial charge in [-0.3, -0.25) is 0 Å². The average Bonchev–Trinajstić information content (AvgIpc) is 3.93. The molecule has 0 aliphatic heterocycles. The number of hydrogen-bond acceptors (Lipinski definition) is 3. The quantitative estimate of drug-likeness (QED) is 0.117. The zero-order valence-corrected chi connectivity index (χ0v) is 43.8. The third kappa shape index (κ3) is 8.05. The first-order chi connectivity index (χ1) is 37.6. The van der Waals surface area contributed by atoms with Gasteiger partial charge in [0.25, 0.3) is 0 Å². The van der Waals surface area contributed by atoms with Crippen molar-refractivity contribution in [2.75, 3.05) is 0 Å². The average molecular weight is 969 g/mol. The number of aromatic nitrogens is 2. The summed E-state index contributed by atoms with van der Waals surface area (Å²) in [5.74, 6) is 0. The Kier molecular flexibility index (Phi) is 14.9. The van der Waals surface area contributed by atoms with E-state index in [1.807, 2.05) is 30.3 Å². The molecule has 0 amide bonds. The second kappa shape index (κ2) is 20.6. The van der Waals surface area contributed by atoms with Gasteiger partial charge in [-0.1, -0.05) is 38.8 Å². The summed E-state index contributed by atoms with van der Waals surface area (Å²) < 4.78 is 1.56. The molecule has 2 nitrogen and oxygen atoms in total. The van der Waals surface area contributed by atoms with Crippen LogP contribution in [-0.4, -0.2) is 203 Å².